The highest BCUT2D eigenvalue weighted by molar-refractivity contribution is 7.13. The van der Waals surface area contributed by atoms with Crippen LogP contribution in [0.3, 0.4) is 0 Å². The topological polar surface area (TPSA) is 54.0 Å². The van der Waals surface area contributed by atoms with Gasteiger partial charge in [0.25, 0.3) is 5.91 Å². The van der Waals surface area contributed by atoms with Crippen LogP contribution >= 0.6 is 11.3 Å². The Morgan fingerprint density at radius 1 is 1.38 bits per heavy atom. The zero-order chi connectivity index (χ0) is 14.7. The molecule has 6 heteroatoms. The third-order valence-corrected chi connectivity index (χ3v) is 4.35. The number of thiazole rings is 1. The summed E-state index contributed by atoms with van der Waals surface area (Å²) in [6.45, 7) is 1.82. The van der Waals surface area contributed by atoms with E-state index in [0.29, 0.717) is 5.69 Å². The molecule has 1 amide bonds. The molecule has 1 aromatic heterocycles. The van der Waals surface area contributed by atoms with Gasteiger partial charge in [0, 0.05) is 23.5 Å². The van der Waals surface area contributed by atoms with E-state index in [2.05, 4.69) is 15.6 Å². The predicted octanol–water partition coefficient (Wildman–Crippen LogP) is 2.43. The van der Waals surface area contributed by atoms with E-state index in [4.69, 9.17) is 0 Å². The molecule has 2 heterocycles. The third-order valence-electron chi connectivity index (χ3n) is 3.46. The monoisotopic (exact) mass is 305 g/mol. The van der Waals surface area contributed by atoms with Crippen LogP contribution in [0.15, 0.2) is 29.6 Å². The van der Waals surface area contributed by atoms with Gasteiger partial charge in [0.15, 0.2) is 0 Å². The van der Waals surface area contributed by atoms with Crippen LogP contribution in [0.5, 0.6) is 0 Å². The summed E-state index contributed by atoms with van der Waals surface area (Å²) in [7, 11) is 0. The summed E-state index contributed by atoms with van der Waals surface area (Å²) in [6, 6.07) is 6.29. The van der Waals surface area contributed by atoms with Gasteiger partial charge in [0.1, 0.15) is 16.5 Å². The Morgan fingerprint density at radius 2 is 2.19 bits per heavy atom. The lowest BCUT2D eigenvalue weighted by atomic mass is 10.1. The van der Waals surface area contributed by atoms with Gasteiger partial charge in [0.05, 0.1) is 0 Å². The van der Waals surface area contributed by atoms with Crippen molar-refractivity contribution in [3.05, 3.63) is 41.2 Å². The standard InChI is InChI=1S/C15H16FN3OS/c16-11-5-3-10(4-6-11)15-19-13(9-21-15)14(20)18-12-2-1-7-17-8-12/h3-6,9,12,17H,1-2,7-8H2,(H,18,20)/t12-/m0/s1. The summed E-state index contributed by atoms with van der Waals surface area (Å²) in [4.78, 5) is 16.5. The maximum absolute atomic E-state index is 12.9. The minimum Gasteiger partial charge on any atom is -0.347 e. The van der Waals surface area contributed by atoms with E-state index < -0.39 is 0 Å². The number of nitrogens with zero attached hydrogens (tertiary/aromatic N) is 1. The normalized spacial score (nSPS) is 18.4. The first kappa shape index (κ1) is 14.2. The molecule has 21 heavy (non-hydrogen) atoms. The second kappa shape index (κ2) is 6.32. The molecule has 1 fully saturated rings. The van der Waals surface area contributed by atoms with Gasteiger partial charge in [-0.1, -0.05) is 0 Å². The number of hydrogen-bond acceptors (Lipinski definition) is 4. The Bertz CT molecular complexity index is 620. The maximum Gasteiger partial charge on any atom is 0.271 e. The van der Waals surface area contributed by atoms with Crippen LogP contribution in [0, 0.1) is 5.82 Å². The van der Waals surface area contributed by atoms with E-state index in [9.17, 15) is 9.18 Å². The zero-order valence-corrected chi connectivity index (χ0v) is 12.3. The van der Waals surface area contributed by atoms with E-state index >= 15 is 0 Å². The van der Waals surface area contributed by atoms with Crippen molar-refractivity contribution in [3.8, 4) is 10.6 Å². The number of rotatable bonds is 3. The second-order valence-electron chi connectivity index (χ2n) is 5.06. The Kier molecular flexibility index (Phi) is 4.26. The molecule has 2 N–H and O–H groups in total. The molecule has 0 spiro atoms. The van der Waals surface area contributed by atoms with Crippen LogP contribution in [-0.4, -0.2) is 30.0 Å². The summed E-state index contributed by atoms with van der Waals surface area (Å²) in [6.07, 6.45) is 2.07. The average Bonchev–Trinajstić information content (AvgIpc) is 2.99. The fourth-order valence-electron chi connectivity index (χ4n) is 2.34. The van der Waals surface area contributed by atoms with Crippen molar-refractivity contribution in [1.29, 1.82) is 0 Å². The molecule has 1 atom stereocenters. The fraction of sp³-hybridized carbons (Fsp3) is 0.333. The number of carbonyl (C=O) groups excluding carboxylic acids is 1. The Balaban J connectivity index is 1.69. The molecular weight excluding hydrogens is 289 g/mol. The van der Waals surface area contributed by atoms with E-state index in [0.717, 1.165) is 36.5 Å². The van der Waals surface area contributed by atoms with Crippen molar-refractivity contribution in [2.45, 2.75) is 18.9 Å². The Labute approximate surface area is 126 Å². The lowest BCUT2D eigenvalue weighted by Gasteiger charge is -2.23. The van der Waals surface area contributed by atoms with E-state index in [1.165, 1.54) is 23.5 Å². The van der Waals surface area contributed by atoms with Crippen LogP contribution < -0.4 is 10.6 Å². The molecule has 1 saturated heterocycles. The number of carbonyl (C=O) groups is 1. The maximum atomic E-state index is 12.9. The van der Waals surface area contributed by atoms with Gasteiger partial charge in [-0.3, -0.25) is 4.79 Å². The van der Waals surface area contributed by atoms with E-state index in [-0.39, 0.29) is 17.8 Å². The SMILES string of the molecule is O=C(N[C@H]1CCCNC1)c1csc(-c2ccc(F)cc2)n1. The summed E-state index contributed by atoms with van der Waals surface area (Å²) < 4.78 is 12.9. The van der Waals surface area contributed by atoms with Crippen molar-refractivity contribution < 1.29 is 9.18 Å². The summed E-state index contributed by atoms with van der Waals surface area (Å²) in [5, 5.41) is 8.72. The average molecular weight is 305 g/mol. The van der Waals surface area contributed by atoms with Gasteiger partial charge < -0.3 is 10.6 Å². The first-order chi connectivity index (χ1) is 10.2. The molecule has 0 saturated carbocycles. The minimum atomic E-state index is -0.280. The molecule has 0 radical (unpaired) electrons. The predicted molar refractivity (Wildman–Crippen MR) is 80.9 cm³/mol. The molecule has 0 unspecified atom stereocenters. The largest absolute Gasteiger partial charge is 0.347 e. The molecule has 1 aliphatic rings. The molecule has 3 rings (SSSR count). The molecule has 0 aliphatic carbocycles. The quantitative estimate of drug-likeness (QED) is 0.916. The van der Waals surface area contributed by atoms with Gasteiger partial charge in [0.2, 0.25) is 0 Å². The first-order valence-electron chi connectivity index (χ1n) is 6.95. The molecule has 4 nitrogen and oxygen atoms in total. The summed E-state index contributed by atoms with van der Waals surface area (Å²) >= 11 is 1.39. The number of piperidine rings is 1. The molecule has 110 valence electrons. The van der Waals surface area contributed by atoms with Crippen molar-refractivity contribution >= 4 is 17.2 Å². The van der Waals surface area contributed by atoms with Gasteiger partial charge in [-0.25, -0.2) is 9.37 Å². The lowest BCUT2D eigenvalue weighted by molar-refractivity contribution is 0.0926. The number of aromatic nitrogens is 1. The third kappa shape index (κ3) is 3.46. The summed E-state index contributed by atoms with van der Waals surface area (Å²) in [5.41, 5.74) is 1.24. The van der Waals surface area contributed by atoms with Crippen molar-refractivity contribution in [1.82, 2.24) is 15.6 Å². The van der Waals surface area contributed by atoms with Crippen molar-refractivity contribution in [2.24, 2.45) is 0 Å². The number of benzene rings is 1. The highest BCUT2D eigenvalue weighted by Gasteiger charge is 2.18. The van der Waals surface area contributed by atoms with Crippen molar-refractivity contribution in [2.75, 3.05) is 13.1 Å². The van der Waals surface area contributed by atoms with E-state index in [1.807, 2.05) is 0 Å². The van der Waals surface area contributed by atoms with Crippen LogP contribution in [0.25, 0.3) is 10.6 Å². The van der Waals surface area contributed by atoms with Gasteiger partial charge in [-0.2, -0.15) is 0 Å². The summed E-state index contributed by atoms with van der Waals surface area (Å²) in [5.74, 6) is -0.425. The van der Waals surface area contributed by atoms with Crippen LogP contribution in [0.4, 0.5) is 4.39 Å². The smallest absolute Gasteiger partial charge is 0.271 e. The van der Waals surface area contributed by atoms with Crippen LogP contribution in [0.2, 0.25) is 0 Å². The molecular formula is C15H16FN3OS. The van der Waals surface area contributed by atoms with Gasteiger partial charge in [-0.05, 0) is 43.7 Å². The van der Waals surface area contributed by atoms with Gasteiger partial charge in [-0.15, -0.1) is 11.3 Å². The number of halogens is 1. The van der Waals surface area contributed by atoms with Crippen LogP contribution in [0.1, 0.15) is 23.3 Å². The minimum absolute atomic E-state index is 0.145. The molecule has 0 bridgehead atoms. The van der Waals surface area contributed by atoms with Crippen LogP contribution in [-0.2, 0) is 0 Å². The van der Waals surface area contributed by atoms with E-state index in [1.54, 1.807) is 17.5 Å². The molecule has 2 aromatic rings. The zero-order valence-electron chi connectivity index (χ0n) is 11.4. The highest BCUT2D eigenvalue weighted by atomic mass is 32.1. The molecule has 1 aliphatic heterocycles. The van der Waals surface area contributed by atoms with Gasteiger partial charge >= 0.3 is 0 Å². The first-order valence-corrected chi connectivity index (χ1v) is 7.83. The second-order valence-corrected chi connectivity index (χ2v) is 5.92. The lowest BCUT2D eigenvalue weighted by Crippen LogP contribution is -2.45. The highest BCUT2D eigenvalue weighted by Crippen LogP contribution is 2.23. The number of hydrogen-bond donors (Lipinski definition) is 2. The number of nitrogens with one attached hydrogen (secondary N) is 2. The van der Waals surface area contributed by atoms with Crippen molar-refractivity contribution in [3.63, 3.8) is 0 Å². The fourth-order valence-corrected chi connectivity index (χ4v) is 3.14. The Hall–Kier alpha value is -1.79. The molecule has 1 aromatic carbocycles. The Morgan fingerprint density at radius 3 is 2.90 bits per heavy atom. The number of amides is 1.